The first-order valence-electron chi connectivity index (χ1n) is 5.93. The average Bonchev–Trinajstić information content (AvgIpc) is 2.51. The summed E-state index contributed by atoms with van der Waals surface area (Å²) in [6.07, 6.45) is 5.92. The van der Waals surface area contributed by atoms with Crippen LogP contribution in [0, 0.1) is 18.2 Å². The van der Waals surface area contributed by atoms with Gasteiger partial charge in [0.25, 0.3) is 0 Å². The molecule has 0 spiro atoms. The molecule has 0 atom stereocenters. The first-order chi connectivity index (χ1) is 10.5. The molecule has 22 heavy (non-hydrogen) atoms. The second-order valence-electron chi connectivity index (χ2n) is 3.70. The van der Waals surface area contributed by atoms with Gasteiger partial charge >= 0.3 is 11.9 Å². The van der Waals surface area contributed by atoms with Crippen LogP contribution in [0.4, 0.5) is 4.39 Å². The lowest BCUT2D eigenvalue weighted by atomic mass is 10.2. The number of carbonyl (C=O) groups is 2. The molecule has 1 aromatic rings. The Morgan fingerprint density at radius 3 is 2.68 bits per heavy atom. The minimum atomic E-state index is -1.02. The van der Waals surface area contributed by atoms with Gasteiger partial charge in [0.15, 0.2) is 6.61 Å². The third-order valence-corrected chi connectivity index (χ3v) is 2.30. The van der Waals surface area contributed by atoms with E-state index in [-0.39, 0.29) is 18.1 Å². The number of halogens is 1. The molecule has 1 rings (SSSR count). The maximum atomic E-state index is 13.8. The van der Waals surface area contributed by atoms with Crippen LogP contribution < -0.4 is 4.74 Å². The Morgan fingerprint density at radius 1 is 1.36 bits per heavy atom. The van der Waals surface area contributed by atoms with E-state index in [1.54, 1.807) is 0 Å². The molecule has 0 N–H and O–H groups in total. The highest BCUT2D eigenvalue weighted by molar-refractivity contribution is 5.93. The van der Waals surface area contributed by atoms with Crippen molar-refractivity contribution in [2.24, 2.45) is 0 Å². The van der Waals surface area contributed by atoms with E-state index in [0.717, 1.165) is 19.4 Å². The lowest BCUT2D eigenvalue weighted by Gasteiger charge is -2.12. The lowest BCUT2D eigenvalue weighted by molar-refractivity contribution is -0.138. The molecule has 0 fully saturated rings. The molecule has 0 aliphatic carbocycles. The molecule has 0 saturated heterocycles. The third-order valence-electron chi connectivity index (χ3n) is 2.30. The van der Waals surface area contributed by atoms with Crippen LogP contribution in [0.3, 0.4) is 0 Å². The fourth-order valence-corrected chi connectivity index (χ4v) is 1.41. The fourth-order valence-electron chi connectivity index (χ4n) is 1.41. The molecule has 0 saturated carbocycles. The number of methoxy groups -OCH3 is 2. The Hall–Kier alpha value is -3.01. The Bertz CT molecular complexity index is 629. The lowest BCUT2D eigenvalue weighted by Crippen LogP contribution is -2.15. The highest BCUT2D eigenvalue weighted by atomic mass is 19.1. The average molecular weight is 308 g/mol. The van der Waals surface area contributed by atoms with Gasteiger partial charge in [0.2, 0.25) is 5.76 Å². The van der Waals surface area contributed by atoms with E-state index in [4.69, 9.17) is 11.2 Å². The standard InChI is InChI=1S/C15H13FO6/c1-4-8-21-15(18)13-10(16)6-5-7-11(13)22-12(9-19-2)14(17)20-3/h1,5-7,9H,8H2,2-3H3. The summed E-state index contributed by atoms with van der Waals surface area (Å²) in [5.74, 6) is -1.30. The molecule has 0 unspecified atom stereocenters. The highest BCUT2D eigenvalue weighted by Gasteiger charge is 2.22. The van der Waals surface area contributed by atoms with E-state index >= 15 is 0 Å². The molecular formula is C15H13FO6. The van der Waals surface area contributed by atoms with Gasteiger partial charge in [-0.25, -0.2) is 14.0 Å². The van der Waals surface area contributed by atoms with E-state index < -0.39 is 23.3 Å². The Labute approximate surface area is 126 Å². The van der Waals surface area contributed by atoms with E-state index in [1.165, 1.54) is 19.2 Å². The van der Waals surface area contributed by atoms with Crippen molar-refractivity contribution in [3.63, 3.8) is 0 Å². The van der Waals surface area contributed by atoms with E-state index in [0.29, 0.717) is 0 Å². The monoisotopic (exact) mass is 308 g/mol. The van der Waals surface area contributed by atoms with Gasteiger partial charge in [-0.1, -0.05) is 12.0 Å². The van der Waals surface area contributed by atoms with E-state index in [1.807, 2.05) is 0 Å². The molecule has 0 radical (unpaired) electrons. The first-order valence-corrected chi connectivity index (χ1v) is 5.93. The summed E-state index contributed by atoms with van der Waals surface area (Å²) in [4.78, 5) is 23.3. The van der Waals surface area contributed by atoms with Crippen molar-refractivity contribution in [2.75, 3.05) is 20.8 Å². The van der Waals surface area contributed by atoms with Gasteiger partial charge in [0.05, 0.1) is 14.2 Å². The number of esters is 2. The topological polar surface area (TPSA) is 71.1 Å². The van der Waals surface area contributed by atoms with Crippen molar-refractivity contribution in [2.45, 2.75) is 0 Å². The van der Waals surface area contributed by atoms with Crippen LogP contribution in [0.2, 0.25) is 0 Å². The van der Waals surface area contributed by atoms with Gasteiger partial charge in [-0.05, 0) is 12.1 Å². The Morgan fingerprint density at radius 2 is 2.09 bits per heavy atom. The SMILES string of the molecule is C#CCOC(=O)c1c(F)cccc1OC(=COC)C(=O)OC. The summed E-state index contributed by atoms with van der Waals surface area (Å²) >= 11 is 0. The Kier molecular flexibility index (Phi) is 6.44. The van der Waals surface area contributed by atoms with Crippen molar-refractivity contribution in [1.82, 2.24) is 0 Å². The first kappa shape index (κ1) is 17.0. The molecule has 1 aromatic carbocycles. The smallest absolute Gasteiger partial charge is 0.377 e. The molecule has 0 bridgehead atoms. The number of ether oxygens (including phenoxy) is 4. The van der Waals surface area contributed by atoms with Gasteiger partial charge in [0.1, 0.15) is 23.4 Å². The van der Waals surface area contributed by atoms with Crippen LogP contribution in [0.5, 0.6) is 5.75 Å². The molecule has 0 heterocycles. The van der Waals surface area contributed by atoms with Crippen molar-refractivity contribution in [1.29, 1.82) is 0 Å². The second-order valence-corrected chi connectivity index (χ2v) is 3.70. The number of rotatable bonds is 6. The molecule has 7 heteroatoms. The number of terminal acetylenes is 1. The minimum absolute atomic E-state index is 0.240. The van der Waals surface area contributed by atoms with Gasteiger partial charge < -0.3 is 18.9 Å². The minimum Gasteiger partial charge on any atom is -0.500 e. The van der Waals surface area contributed by atoms with E-state index in [9.17, 15) is 14.0 Å². The zero-order valence-electron chi connectivity index (χ0n) is 11.9. The fraction of sp³-hybridized carbons (Fsp3) is 0.200. The normalized spacial score (nSPS) is 10.4. The number of carbonyl (C=O) groups excluding carboxylic acids is 2. The number of hydrogen-bond donors (Lipinski definition) is 0. The molecule has 0 aliphatic rings. The maximum absolute atomic E-state index is 13.8. The molecule has 0 aromatic heterocycles. The highest BCUT2D eigenvalue weighted by Crippen LogP contribution is 2.24. The predicted octanol–water partition coefficient (Wildman–Crippen LogP) is 1.66. The molecular weight excluding hydrogens is 295 g/mol. The summed E-state index contributed by atoms with van der Waals surface area (Å²) in [6.45, 7) is -0.329. The van der Waals surface area contributed by atoms with Crippen LogP contribution in [0.1, 0.15) is 10.4 Å². The number of hydrogen-bond acceptors (Lipinski definition) is 6. The number of benzene rings is 1. The summed E-state index contributed by atoms with van der Waals surface area (Å²) in [7, 11) is 2.41. The summed E-state index contributed by atoms with van der Waals surface area (Å²) < 4.78 is 32.9. The second kappa shape index (κ2) is 8.32. The van der Waals surface area contributed by atoms with Gasteiger partial charge in [-0.2, -0.15) is 0 Å². The van der Waals surface area contributed by atoms with Crippen molar-refractivity contribution in [3.05, 3.63) is 41.6 Å². The zero-order chi connectivity index (χ0) is 16.5. The summed E-state index contributed by atoms with van der Waals surface area (Å²) in [6, 6.07) is 3.61. The Balaban J connectivity index is 3.17. The van der Waals surface area contributed by atoms with Gasteiger partial charge in [-0.3, -0.25) is 0 Å². The maximum Gasteiger partial charge on any atom is 0.377 e. The third kappa shape index (κ3) is 4.24. The van der Waals surface area contributed by atoms with E-state index in [2.05, 4.69) is 20.1 Å². The van der Waals surface area contributed by atoms with Crippen LogP contribution in [-0.4, -0.2) is 32.8 Å². The van der Waals surface area contributed by atoms with Crippen LogP contribution in [0.25, 0.3) is 0 Å². The molecule has 6 nitrogen and oxygen atoms in total. The molecule has 0 amide bonds. The van der Waals surface area contributed by atoms with Crippen LogP contribution in [-0.2, 0) is 19.0 Å². The van der Waals surface area contributed by atoms with Crippen LogP contribution in [0.15, 0.2) is 30.2 Å². The zero-order valence-corrected chi connectivity index (χ0v) is 11.9. The summed E-state index contributed by atoms with van der Waals surface area (Å²) in [5, 5.41) is 0. The van der Waals surface area contributed by atoms with Gasteiger partial charge in [0, 0.05) is 0 Å². The van der Waals surface area contributed by atoms with Crippen molar-refractivity contribution in [3.8, 4) is 18.1 Å². The summed E-state index contributed by atoms with van der Waals surface area (Å²) in [5.41, 5.74) is -0.497. The van der Waals surface area contributed by atoms with Crippen LogP contribution >= 0.6 is 0 Å². The molecule has 116 valence electrons. The van der Waals surface area contributed by atoms with Crippen molar-refractivity contribution < 1.29 is 32.9 Å². The largest absolute Gasteiger partial charge is 0.500 e. The predicted molar refractivity (Wildman–Crippen MR) is 73.3 cm³/mol. The van der Waals surface area contributed by atoms with Gasteiger partial charge in [-0.15, -0.1) is 6.42 Å². The van der Waals surface area contributed by atoms with Crippen molar-refractivity contribution >= 4 is 11.9 Å². The quantitative estimate of drug-likeness (QED) is 0.344. The molecule has 0 aliphatic heterocycles.